The Hall–Kier alpha value is -2.53. The highest BCUT2D eigenvalue weighted by molar-refractivity contribution is 9.10. The molecule has 1 aliphatic heterocycles. The third kappa shape index (κ3) is 3.68. The smallest absolute Gasteiger partial charge is 0.407 e. The van der Waals surface area contributed by atoms with Crippen molar-refractivity contribution >= 4 is 50.7 Å². The minimum Gasteiger partial charge on any atom is -0.465 e. The molecule has 0 saturated carbocycles. The molecule has 0 bridgehead atoms. The van der Waals surface area contributed by atoms with E-state index in [0.717, 1.165) is 4.47 Å². The van der Waals surface area contributed by atoms with E-state index in [0.29, 0.717) is 36.5 Å². The molecule has 10 nitrogen and oxygen atoms in total. The highest BCUT2D eigenvalue weighted by Gasteiger charge is 2.31. The Bertz CT molecular complexity index is 863. The Labute approximate surface area is 157 Å². The van der Waals surface area contributed by atoms with Crippen LogP contribution in [0.15, 0.2) is 16.7 Å². The van der Waals surface area contributed by atoms with Crippen molar-refractivity contribution in [2.24, 2.45) is 0 Å². The quantitative estimate of drug-likeness (QED) is 0.659. The van der Waals surface area contributed by atoms with Gasteiger partial charge in [0.1, 0.15) is 12.1 Å². The van der Waals surface area contributed by atoms with Gasteiger partial charge in [-0.1, -0.05) is 0 Å². The van der Waals surface area contributed by atoms with Crippen LogP contribution in [0.2, 0.25) is 0 Å². The second-order valence-electron chi connectivity index (χ2n) is 5.88. The molecule has 0 radical (unpaired) electrons. The van der Waals surface area contributed by atoms with Crippen LogP contribution in [0.25, 0.3) is 11.2 Å². The first-order chi connectivity index (χ1) is 12.4. The fourth-order valence-corrected chi connectivity index (χ4v) is 3.12. The van der Waals surface area contributed by atoms with Crippen molar-refractivity contribution in [3.63, 3.8) is 0 Å². The van der Waals surface area contributed by atoms with Gasteiger partial charge in [0.25, 0.3) is 5.91 Å². The Morgan fingerprint density at radius 1 is 1.46 bits per heavy atom. The Balaban J connectivity index is 1.97. The van der Waals surface area contributed by atoms with Crippen LogP contribution in [-0.2, 0) is 4.79 Å². The summed E-state index contributed by atoms with van der Waals surface area (Å²) >= 11 is 3.31. The summed E-state index contributed by atoms with van der Waals surface area (Å²) in [5.41, 5.74) is 0.884. The van der Waals surface area contributed by atoms with Crippen molar-refractivity contribution in [3.8, 4) is 0 Å². The average molecular weight is 425 g/mol. The number of aliphatic hydroxyl groups is 1. The number of anilines is 2. The molecule has 138 valence electrons. The van der Waals surface area contributed by atoms with Gasteiger partial charge in [-0.3, -0.25) is 4.79 Å². The molecule has 3 rings (SSSR count). The Morgan fingerprint density at radius 2 is 2.23 bits per heavy atom. The number of amides is 2. The maximum Gasteiger partial charge on any atom is 0.407 e. The van der Waals surface area contributed by atoms with Crippen molar-refractivity contribution in [3.05, 3.63) is 16.7 Å². The standard InChI is InChI=1S/C15H17BrN6O4/c1-21(15(25)26)9-2-3-22(6-9)14-13(19-11(24)7-23)18-10-4-8(16)5-17-12(10)20-14/h4-5,9,23H,2-3,6-7H2,1H3,(H,25,26)(H,18,19,24). The summed E-state index contributed by atoms with van der Waals surface area (Å²) in [5, 5.41) is 20.7. The van der Waals surface area contributed by atoms with Gasteiger partial charge in [-0.15, -0.1) is 0 Å². The van der Waals surface area contributed by atoms with E-state index in [1.54, 1.807) is 12.3 Å². The second kappa shape index (κ2) is 7.38. The molecular weight excluding hydrogens is 408 g/mol. The molecule has 1 unspecified atom stereocenters. The number of carbonyl (C=O) groups is 2. The van der Waals surface area contributed by atoms with E-state index in [1.165, 1.54) is 11.9 Å². The van der Waals surface area contributed by atoms with E-state index in [-0.39, 0.29) is 11.9 Å². The van der Waals surface area contributed by atoms with Gasteiger partial charge in [0.2, 0.25) is 0 Å². The van der Waals surface area contributed by atoms with Crippen LogP contribution >= 0.6 is 15.9 Å². The molecule has 1 fully saturated rings. The summed E-state index contributed by atoms with van der Waals surface area (Å²) in [4.78, 5) is 39.1. The first kappa shape index (κ1) is 18.3. The molecular formula is C15H17BrN6O4. The number of halogens is 1. The fourth-order valence-electron chi connectivity index (χ4n) is 2.80. The minimum absolute atomic E-state index is 0.190. The number of rotatable bonds is 4. The average Bonchev–Trinajstić information content (AvgIpc) is 3.09. The van der Waals surface area contributed by atoms with E-state index >= 15 is 0 Å². The number of hydrogen-bond donors (Lipinski definition) is 3. The summed E-state index contributed by atoms with van der Waals surface area (Å²) in [6.45, 7) is 0.294. The van der Waals surface area contributed by atoms with Gasteiger partial charge < -0.3 is 25.3 Å². The molecule has 0 spiro atoms. The number of nitrogens with zero attached hydrogens (tertiary/aromatic N) is 5. The van der Waals surface area contributed by atoms with Gasteiger partial charge in [0.15, 0.2) is 17.3 Å². The maximum absolute atomic E-state index is 11.7. The lowest BCUT2D eigenvalue weighted by Gasteiger charge is -2.23. The number of carboxylic acid groups (broad SMARTS) is 1. The van der Waals surface area contributed by atoms with Crippen LogP contribution in [0.5, 0.6) is 0 Å². The third-order valence-corrected chi connectivity index (χ3v) is 4.62. The van der Waals surface area contributed by atoms with E-state index < -0.39 is 18.6 Å². The number of hydrogen-bond acceptors (Lipinski definition) is 7. The van der Waals surface area contributed by atoms with Gasteiger partial charge in [0, 0.05) is 30.8 Å². The zero-order valence-electron chi connectivity index (χ0n) is 13.9. The number of fused-ring (bicyclic) bond motifs is 1. The van der Waals surface area contributed by atoms with E-state index in [2.05, 4.69) is 36.2 Å². The van der Waals surface area contributed by atoms with E-state index in [1.807, 2.05) is 4.90 Å². The lowest BCUT2D eigenvalue weighted by Crippen LogP contribution is -2.38. The van der Waals surface area contributed by atoms with Crippen molar-refractivity contribution < 1.29 is 19.8 Å². The summed E-state index contributed by atoms with van der Waals surface area (Å²) in [7, 11) is 1.52. The lowest BCUT2D eigenvalue weighted by molar-refractivity contribution is -0.118. The summed E-state index contributed by atoms with van der Waals surface area (Å²) < 4.78 is 0.718. The Kier molecular flexibility index (Phi) is 5.18. The van der Waals surface area contributed by atoms with Crippen LogP contribution in [0.4, 0.5) is 16.4 Å². The Morgan fingerprint density at radius 3 is 2.92 bits per heavy atom. The third-order valence-electron chi connectivity index (χ3n) is 4.18. The molecule has 26 heavy (non-hydrogen) atoms. The summed E-state index contributed by atoms with van der Waals surface area (Å²) in [6, 6.07) is 1.53. The van der Waals surface area contributed by atoms with Crippen LogP contribution in [-0.4, -0.2) is 74.9 Å². The molecule has 0 aromatic carbocycles. The van der Waals surface area contributed by atoms with E-state index in [9.17, 15) is 9.59 Å². The molecule has 2 amide bonds. The van der Waals surface area contributed by atoms with Crippen molar-refractivity contribution in [2.75, 3.05) is 37.0 Å². The molecule has 1 aliphatic rings. The molecule has 11 heteroatoms. The van der Waals surface area contributed by atoms with Crippen molar-refractivity contribution in [1.82, 2.24) is 19.9 Å². The summed E-state index contributed by atoms with van der Waals surface area (Å²) in [6.07, 6.45) is 1.23. The maximum atomic E-state index is 11.7. The highest BCUT2D eigenvalue weighted by Crippen LogP contribution is 2.29. The zero-order chi connectivity index (χ0) is 18.8. The van der Waals surface area contributed by atoms with Gasteiger partial charge in [-0.05, 0) is 28.4 Å². The first-order valence-corrected chi connectivity index (χ1v) is 8.63. The van der Waals surface area contributed by atoms with Gasteiger partial charge in [-0.2, -0.15) is 0 Å². The number of nitrogens with one attached hydrogen (secondary N) is 1. The number of pyridine rings is 1. The first-order valence-electron chi connectivity index (χ1n) is 7.83. The molecule has 1 saturated heterocycles. The zero-order valence-corrected chi connectivity index (χ0v) is 15.5. The fraction of sp³-hybridized carbons (Fsp3) is 0.400. The highest BCUT2D eigenvalue weighted by atomic mass is 79.9. The van der Waals surface area contributed by atoms with Crippen molar-refractivity contribution in [1.29, 1.82) is 0 Å². The number of aromatic nitrogens is 3. The van der Waals surface area contributed by atoms with Gasteiger partial charge in [-0.25, -0.2) is 19.7 Å². The lowest BCUT2D eigenvalue weighted by atomic mass is 10.2. The number of aliphatic hydroxyl groups excluding tert-OH is 1. The van der Waals surface area contributed by atoms with Crippen LogP contribution in [0, 0.1) is 0 Å². The molecule has 2 aromatic heterocycles. The normalized spacial score (nSPS) is 16.7. The molecule has 3 N–H and O–H groups in total. The minimum atomic E-state index is -0.998. The van der Waals surface area contributed by atoms with Crippen LogP contribution in [0.3, 0.4) is 0 Å². The van der Waals surface area contributed by atoms with E-state index in [4.69, 9.17) is 10.2 Å². The SMILES string of the molecule is CN(C(=O)O)C1CCN(c2nc3ncc(Br)cc3nc2NC(=O)CO)C1. The molecule has 0 aliphatic carbocycles. The van der Waals surface area contributed by atoms with Crippen LogP contribution < -0.4 is 10.2 Å². The second-order valence-corrected chi connectivity index (χ2v) is 6.80. The van der Waals surface area contributed by atoms with Crippen molar-refractivity contribution in [2.45, 2.75) is 12.5 Å². The van der Waals surface area contributed by atoms with Gasteiger partial charge in [0.05, 0.1) is 6.04 Å². The predicted octanol–water partition coefficient (Wildman–Crippen LogP) is 0.907. The van der Waals surface area contributed by atoms with Crippen LogP contribution in [0.1, 0.15) is 6.42 Å². The number of likely N-dealkylation sites (N-methyl/N-ethyl adjacent to an activating group) is 1. The predicted molar refractivity (Wildman–Crippen MR) is 97.2 cm³/mol. The summed E-state index contributed by atoms with van der Waals surface area (Å²) in [5.74, 6) is -0.00764. The molecule has 2 aromatic rings. The molecule has 1 atom stereocenters. The largest absolute Gasteiger partial charge is 0.465 e. The topological polar surface area (TPSA) is 132 Å². The monoisotopic (exact) mass is 424 g/mol. The molecule has 3 heterocycles. The number of carbonyl (C=O) groups excluding carboxylic acids is 1. The van der Waals surface area contributed by atoms with Gasteiger partial charge >= 0.3 is 6.09 Å².